The second kappa shape index (κ2) is 6.88. The molecule has 2 rings (SSSR count). The molecule has 1 aromatic carbocycles. The number of nitrogens with two attached hydrogens (primary N) is 1. The van der Waals surface area contributed by atoms with E-state index in [0.29, 0.717) is 30.2 Å². The number of nitrogens with one attached hydrogen (secondary N) is 1. The van der Waals surface area contributed by atoms with Gasteiger partial charge >= 0.3 is 0 Å². The number of nitrogen functional groups attached to an aromatic ring is 1. The van der Waals surface area contributed by atoms with Crippen LogP contribution >= 0.6 is 11.3 Å². The molecule has 0 atom stereocenters. The molecule has 0 unspecified atom stereocenters. The number of carbonyl (C=O) groups is 1. The van der Waals surface area contributed by atoms with Gasteiger partial charge in [0.25, 0.3) is 5.91 Å². The first-order valence-electron chi connectivity index (χ1n) is 5.95. The smallest absolute Gasteiger partial charge is 0.284 e. The molecule has 20 heavy (non-hydrogen) atoms. The number of benzene rings is 1. The first-order valence-corrected chi connectivity index (χ1v) is 6.83. The van der Waals surface area contributed by atoms with Crippen molar-refractivity contribution in [3.05, 3.63) is 40.3 Å². The van der Waals surface area contributed by atoms with Crippen LogP contribution in [0.4, 0.5) is 0 Å². The summed E-state index contributed by atoms with van der Waals surface area (Å²) in [6.45, 7) is 0.456. The molecule has 0 spiro atoms. The van der Waals surface area contributed by atoms with Crippen molar-refractivity contribution < 1.29 is 14.3 Å². The van der Waals surface area contributed by atoms with Crippen LogP contribution in [0, 0.1) is 0 Å². The number of methoxy groups -OCH3 is 1. The van der Waals surface area contributed by atoms with Gasteiger partial charge in [0.1, 0.15) is 5.69 Å². The Bertz CT molecular complexity index is 586. The number of ether oxygens (including phenoxy) is 2. The van der Waals surface area contributed by atoms with Crippen molar-refractivity contribution in [3.63, 3.8) is 0 Å². The van der Waals surface area contributed by atoms with Gasteiger partial charge in [-0.25, -0.2) is 10.8 Å². The molecule has 1 heterocycles. The average molecular weight is 293 g/mol. The van der Waals surface area contributed by atoms with E-state index in [4.69, 9.17) is 15.3 Å². The Balaban J connectivity index is 1.89. The molecule has 2 aromatic rings. The molecular formula is C13H15N3O3S. The third-order valence-electron chi connectivity index (χ3n) is 2.56. The summed E-state index contributed by atoms with van der Waals surface area (Å²) >= 11 is 1.40. The third-order valence-corrected chi connectivity index (χ3v) is 3.47. The summed E-state index contributed by atoms with van der Waals surface area (Å²) in [5.74, 6) is 6.03. The van der Waals surface area contributed by atoms with Crippen LogP contribution < -0.4 is 20.7 Å². The number of aromatic nitrogens is 1. The van der Waals surface area contributed by atoms with E-state index in [-0.39, 0.29) is 0 Å². The molecule has 1 aromatic heterocycles. The molecule has 0 aliphatic carbocycles. The van der Waals surface area contributed by atoms with Crippen molar-refractivity contribution in [1.29, 1.82) is 0 Å². The zero-order valence-corrected chi connectivity index (χ0v) is 11.8. The minimum Gasteiger partial charge on any atom is -0.493 e. The van der Waals surface area contributed by atoms with Gasteiger partial charge in [-0.05, 0) is 12.1 Å². The second-order valence-corrected chi connectivity index (χ2v) is 4.79. The lowest BCUT2D eigenvalue weighted by Crippen LogP contribution is -2.30. The summed E-state index contributed by atoms with van der Waals surface area (Å²) in [6.07, 6.45) is 0.612. The van der Waals surface area contributed by atoms with Crippen LogP contribution in [0.1, 0.15) is 15.5 Å². The summed E-state index contributed by atoms with van der Waals surface area (Å²) < 4.78 is 10.8. The van der Waals surface area contributed by atoms with Crippen molar-refractivity contribution in [3.8, 4) is 11.5 Å². The van der Waals surface area contributed by atoms with Crippen molar-refractivity contribution >= 4 is 17.2 Å². The van der Waals surface area contributed by atoms with Gasteiger partial charge in [0.2, 0.25) is 0 Å². The van der Waals surface area contributed by atoms with Crippen LogP contribution in [0.5, 0.6) is 11.5 Å². The average Bonchev–Trinajstić information content (AvgIpc) is 2.96. The van der Waals surface area contributed by atoms with Crippen molar-refractivity contribution in [2.45, 2.75) is 6.42 Å². The van der Waals surface area contributed by atoms with Gasteiger partial charge in [-0.1, -0.05) is 12.1 Å². The first-order chi connectivity index (χ1) is 9.74. The minimum atomic E-state index is -0.391. The Morgan fingerprint density at radius 2 is 2.15 bits per heavy atom. The molecule has 0 saturated carbocycles. The summed E-state index contributed by atoms with van der Waals surface area (Å²) in [4.78, 5) is 15.4. The van der Waals surface area contributed by atoms with E-state index in [1.807, 2.05) is 29.7 Å². The van der Waals surface area contributed by atoms with Crippen molar-refractivity contribution in [2.24, 2.45) is 5.84 Å². The summed E-state index contributed by atoms with van der Waals surface area (Å²) in [5.41, 5.74) is 2.37. The number of nitrogens with zero attached hydrogens (tertiary/aromatic N) is 1. The number of amides is 1. The van der Waals surface area contributed by atoms with Gasteiger partial charge in [-0.15, -0.1) is 11.3 Å². The van der Waals surface area contributed by atoms with E-state index in [0.717, 1.165) is 5.01 Å². The molecule has 1 amide bonds. The Morgan fingerprint density at radius 1 is 1.40 bits per heavy atom. The largest absolute Gasteiger partial charge is 0.493 e. The number of hydrogen-bond acceptors (Lipinski definition) is 6. The van der Waals surface area contributed by atoms with Gasteiger partial charge in [-0.2, -0.15) is 0 Å². The fourth-order valence-corrected chi connectivity index (χ4v) is 2.35. The number of rotatable bonds is 6. The van der Waals surface area contributed by atoms with Crippen LogP contribution in [-0.4, -0.2) is 24.6 Å². The van der Waals surface area contributed by atoms with Gasteiger partial charge in [0.05, 0.1) is 18.7 Å². The molecule has 0 aliphatic heterocycles. The van der Waals surface area contributed by atoms with E-state index in [9.17, 15) is 4.79 Å². The number of carbonyl (C=O) groups excluding carboxylic acids is 1. The topological polar surface area (TPSA) is 86.5 Å². The van der Waals surface area contributed by atoms with Gasteiger partial charge in [0.15, 0.2) is 11.5 Å². The van der Waals surface area contributed by atoms with Crippen LogP contribution in [0.3, 0.4) is 0 Å². The molecule has 3 N–H and O–H groups in total. The van der Waals surface area contributed by atoms with Crippen LogP contribution in [0.25, 0.3) is 0 Å². The Morgan fingerprint density at radius 3 is 2.85 bits per heavy atom. The maximum absolute atomic E-state index is 11.3. The molecule has 0 radical (unpaired) electrons. The van der Waals surface area contributed by atoms with E-state index in [1.54, 1.807) is 12.5 Å². The zero-order valence-electron chi connectivity index (χ0n) is 11.0. The molecule has 6 nitrogen and oxygen atoms in total. The summed E-state index contributed by atoms with van der Waals surface area (Å²) in [7, 11) is 1.60. The van der Waals surface area contributed by atoms with Crippen LogP contribution in [0.15, 0.2) is 29.6 Å². The lowest BCUT2D eigenvalue weighted by Gasteiger charge is -2.09. The van der Waals surface area contributed by atoms with Gasteiger partial charge in [0, 0.05) is 11.8 Å². The lowest BCUT2D eigenvalue weighted by atomic mass is 10.3. The van der Waals surface area contributed by atoms with Crippen molar-refractivity contribution in [2.75, 3.05) is 13.7 Å². The normalized spacial score (nSPS) is 10.1. The Labute approximate surface area is 120 Å². The highest BCUT2D eigenvalue weighted by Crippen LogP contribution is 2.25. The maximum atomic E-state index is 11.3. The minimum absolute atomic E-state index is 0.324. The molecule has 0 bridgehead atoms. The molecule has 0 saturated heterocycles. The van der Waals surface area contributed by atoms with E-state index in [1.165, 1.54) is 11.3 Å². The summed E-state index contributed by atoms with van der Waals surface area (Å²) in [6, 6.07) is 7.44. The Hall–Kier alpha value is -2.12. The number of hydrogen-bond donors (Lipinski definition) is 2. The summed E-state index contributed by atoms with van der Waals surface area (Å²) in [5, 5.41) is 2.49. The standard InChI is InChI=1S/C13H15N3O3S/c1-18-10-4-2-3-5-11(10)19-7-6-12-15-9(8-20-12)13(17)16-14/h2-5,8H,6-7,14H2,1H3,(H,16,17). The van der Waals surface area contributed by atoms with Crippen LogP contribution in [0.2, 0.25) is 0 Å². The first kappa shape index (κ1) is 14.3. The molecule has 0 aliphatic rings. The van der Waals surface area contributed by atoms with E-state index >= 15 is 0 Å². The predicted octanol–water partition coefficient (Wildman–Crippen LogP) is 1.38. The molecule has 7 heteroatoms. The fourth-order valence-electron chi connectivity index (χ4n) is 1.59. The highest BCUT2D eigenvalue weighted by atomic mass is 32.1. The second-order valence-electron chi connectivity index (χ2n) is 3.85. The Kier molecular flexibility index (Phi) is 4.91. The molecular weight excluding hydrogens is 278 g/mol. The molecule has 0 fully saturated rings. The molecule has 106 valence electrons. The fraction of sp³-hybridized carbons (Fsp3) is 0.231. The number of hydrazine groups is 1. The highest BCUT2D eigenvalue weighted by Gasteiger charge is 2.09. The predicted molar refractivity (Wildman–Crippen MR) is 76.0 cm³/mol. The monoisotopic (exact) mass is 293 g/mol. The zero-order chi connectivity index (χ0) is 14.4. The van der Waals surface area contributed by atoms with Crippen molar-refractivity contribution in [1.82, 2.24) is 10.4 Å². The van der Waals surface area contributed by atoms with Gasteiger partial charge < -0.3 is 9.47 Å². The maximum Gasteiger partial charge on any atom is 0.284 e. The lowest BCUT2D eigenvalue weighted by molar-refractivity contribution is 0.0949. The third kappa shape index (κ3) is 3.46. The highest BCUT2D eigenvalue weighted by molar-refractivity contribution is 7.09. The van der Waals surface area contributed by atoms with Crippen LogP contribution in [-0.2, 0) is 6.42 Å². The van der Waals surface area contributed by atoms with Gasteiger partial charge in [-0.3, -0.25) is 10.2 Å². The van der Waals surface area contributed by atoms with E-state index < -0.39 is 5.91 Å². The SMILES string of the molecule is COc1ccccc1OCCc1nc(C(=O)NN)cs1. The van der Waals surface area contributed by atoms with E-state index in [2.05, 4.69) is 4.98 Å². The number of thiazole rings is 1. The quantitative estimate of drug-likeness (QED) is 0.477. The number of para-hydroxylation sites is 2.